The lowest BCUT2D eigenvalue weighted by atomic mass is 9.90. The minimum atomic E-state index is -6.00. The zero-order valence-electron chi connectivity index (χ0n) is 19.0. The Hall–Kier alpha value is -3.66. The van der Waals surface area contributed by atoms with Crippen molar-refractivity contribution in [1.82, 2.24) is 10.6 Å². The Morgan fingerprint density at radius 2 is 1.51 bits per heavy atom. The number of benzene rings is 1. The molecular formula is C20H20F8N4O5. The van der Waals surface area contributed by atoms with Crippen LogP contribution in [0.5, 0.6) is 0 Å². The van der Waals surface area contributed by atoms with Gasteiger partial charge in [0.05, 0.1) is 24.5 Å². The number of nitrogens with one attached hydrogen (secondary N) is 2. The van der Waals surface area contributed by atoms with E-state index >= 15 is 0 Å². The Morgan fingerprint density at radius 3 is 2.00 bits per heavy atom. The van der Waals surface area contributed by atoms with Crippen molar-refractivity contribution in [3.63, 3.8) is 0 Å². The Labute approximate surface area is 203 Å². The highest BCUT2D eigenvalue weighted by atomic mass is 19.4. The lowest BCUT2D eigenvalue weighted by Crippen LogP contribution is -2.59. The van der Waals surface area contributed by atoms with E-state index in [0.717, 1.165) is 26.0 Å². The monoisotopic (exact) mass is 548 g/mol. The average Bonchev–Trinajstić information content (AvgIpc) is 2.86. The zero-order valence-corrected chi connectivity index (χ0v) is 19.0. The standard InChI is InChI=1S/C20H20F8N4O5/c1-17(2,14(34)29-8-18(21,22)20(26,27)28)15(35)30-10-7-31(16(36)37)11-5-3-4-6-12(11)32(13(10)33)9-19(23,24)25/h3-6,10H,7-9H2,1-2H3,(H,29,34)(H,30,35)(H,36,37)/t10-/m0/s1. The van der Waals surface area contributed by atoms with E-state index in [4.69, 9.17) is 0 Å². The number of carbonyl (C=O) groups is 4. The second-order valence-corrected chi connectivity index (χ2v) is 8.46. The molecule has 3 N–H and O–H groups in total. The van der Waals surface area contributed by atoms with Gasteiger partial charge in [0, 0.05) is 0 Å². The van der Waals surface area contributed by atoms with Crippen LogP contribution in [-0.2, 0) is 14.4 Å². The van der Waals surface area contributed by atoms with Crippen LogP contribution in [0.4, 0.5) is 51.3 Å². The highest BCUT2D eigenvalue weighted by Crippen LogP contribution is 2.36. The van der Waals surface area contributed by atoms with Crippen molar-refractivity contribution >= 4 is 35.2 Å². The summed E-state index contributed by atoms with van der Waals surface area (Å²) in [4.78, 5) is 50.5. The molecule has 1 aromatic carbocycles. The normalized spacial score (nSPS) is 17.1. The van der Waals surface area contributed by atoms with E-state index in [-0.39, 0.29) is 10.6 Å². The van der Waals surface area contributed by atoms with Gasteiger partial charge in [-0.25, -0.2) is 4.79 Å². The van der Waals surface area contributed by atoms with Crippen molar-refractivity contribution in [2.75, 3.05) is 29.4 Å². The largest absolute Gasteiger partial charge is 0.465 e. The van der Waals surface area contributed by atoms with Crippen molar-refractivity contribution in [2.45, 2.75) is 38.2 Å². The third-order valence-electron chi connectivity index (χ3n) is 5.29. The first-order valence-corrected chi connectivity index (χ1v) is 10.2. The molecule has 1 aliphatic heterocycles. The third kappa shape index (κ3) is 6.56. The van der Waals surface area contributed by atoms with Gasteiger partial charge in [0.15, 0.2) is 0 Å². The fourth-order valence-corrected chi connectivity index (χ4v) is 3.17. The van der Waals surface area contributed by atoms with Crippen molar-refractivity contribution in [3.8, 4) is 0 Å². The fourth-order valence-electron chi connectivity index (χ4n) is 3.17. The highest BCUT2D eigenvalue weighted by molar-refractivity contribution is 6.09. The number of rotatable bonds is 6. The fraction of sp³-hybridized carbons (Fsp3) is 0.500. The summed E-state index contributed by atoms with van der Waals surface area (Å²) < 4.78 is 103. The first-order chi connectivity index (χ1) is 16.7. The molecule has 1 heterocycles. The van der Waals surface area contributed by atoms with Crippen molar-refractivity contribution in [3.05, 3.63) is 24.3 Å². The molecule has 0 saturated carbocycles. The van der Waals surface area contributed by atoms with Gasteiger partial charge in [0.2, 0.25) is 11.8 Å². The first kappa shape index (κ1) is 29.6. The van der Waals surface area contributed by atoms with Gasteiger partial charge in [0.1, 0.15) is 18.0 Å². The molecule has 206 valence electrons. The zero-order chi connectivity index (χ0) is 28.6. The van der Waals surface area contributed by atoms with Crippen LogP contribution in [0, 0.1) is 5.41 Å². The number of nitrogens with zero attached hydrogens (tertiary/aromatic N) is 2. The van der Waals surface area contributed by atoms with E-state index in [1.807, 2.05) is 5.32 Å². The SMILES string of the molecule is CC(C)(C(=O)NCC(F)(F)C(F)(F)F)C(=O)N[C@H]1CN(C(=O)O)c2ccccc2N(CC(F)(F)F)C1=O. The number of hydrogen-bond donors (Lipinski definition) is 3. The van der Waals surface area contributed by atoms with Crippen molar-refractivity contribution in [2.24, 2.45) is 5.41 Å². The summed E-state index contributed by atoms with van der Waals surface area (Å²) in [6, 6.07) is 2.68. The minimum absolute atomic E-state index is 0.181. The lowest BCUT2D eigenvalue weighted by molar-refractivity contribution is -0.278. The van der Waals surface area contributed by atoms with Crippen LogP contribution in [0.1, 0.15) is 13.8 Å². The van der Waals surface area contributed by atoms with E-state index in [9.17, 15) is 59.4 Å². The van der Waals surface area contributed by atoms with Crippen LogP contribution < -0.4 is 20.4 Å². The summed E-state index contributed by atoms with van der Waals surface area (Å²) in [5.74, 6) is -9.83. The molecule has 1 atom stereocenters. The van der Waals surface area contributed by atoms with Crippen LogP contribution >= 0.6 is 0 Å². The maximum absolute atomic E-state index is 13.2. The molecule has 0 spiro atoms. The molecule has 1 aromatic rings. The summed E-state index contributed by atoms with van der Waals surface area (Å²) in [6.45, 7) is -3.41. The third-order valence-corrected chi connectivity index (χ3v) is 5.29. The molecule has 37 heavy (non-hydrogen) atoms. The lowest BCUT2D eigenvalue weighted by Gasteiger charge is -2.29. The summed E-state index contributed by atoms with van der Waals surface area (Å²) in [5, 5.41) is 12.8. The summed E-state index contributed by atoms with van der Waals surface area (Å²) in [6.07, 6.45) is -12.7. The molecule has 0 radical (unpaired) electrons. The molecule has 0 saturated heterocycles. The predicted molar refractivity (Wildman–Crippen MR) is 110 cm³/mol. The number of alkyl halides is 8. The quantitative estimate of drug-likeness (QED) is 0.373. The van der Waals surface area contributed by atoms with Gasteiger partial charge in [-0.1, -0.05) is 12.1 Å². The van der Waals surface area contributed by atoms with Crippen LogP contribution in [0.3, 0.4) is 0 Å². The Morgan fingerprint density at radius 1 is 0.973 bits per heavy atom. The molecule has 0 aromatic heterocycles. The number of anilines is 2. The average molecular weight is 548 g/mol. The molecule has 0 bridgehead atoms. The molecule has 1 aliphatic rings. The van der Waals surface area contributed by atoms with Gasteiger partial charge in [-0.05, 0) is 26.0 Å². The predicted octanol–water partition coefficient (Wildman–Crippen LogP) is 2.90. The van der Waals surface area contributed by atoms with Crippen LogP contribution in [0.15, 0.2) is 24.3 Å². The minimum Gasteiger partial charge on any atom is -0.465 e. The molecule has 9 nitrogen and oxygen atoms in total. The number of para-hydroxylation sites is 2. The van der Waals surface area contributed by atoms with E-state index < -0.39 is 78.9 Å². The van der Waals surface area contributed by atoms with Crippen molar-refractivity contribution in [1.29, 1.82) is 0 Å². The Balaban J connectivity index is 2.35. The molecule has 0 unspecified atom stereocenters. The summed E-state index contributed by atoms with van der Waals surface area (Å²) in [7, 11) is 0. The first-order valence-electron chi connectivity index (χ1n) is 10.2. The van der Waals surface area contributed by atoms with Gasteiger partial charge in [-0.3, -0.25) is 24.2 Å². The van der Waals surface area contributed by atoms with E-state index in [0.29, 0.717) is 4.90 Å². The van der Waals surface area contributed by atoms with E-state index in [1.54, 1.807) is 0 Å². The van der Waals surface area contributed by atoms with Crippen LogP contribution in [0.2, 0.25) is 0 Å². The molecule has 4 amide bonds. The topological polar surface area (TPSA) is 119 Å². The van der Waals surface area contributed by atoms with Gasteiger partial charge in [-0.15, -0.1) is 0 Å². The second kappa shape index (κ2) is 10.0. The van der Waals surface area contributed by atoms with Gasteiger partial charge < -0.3 is 15.7 Å². The number of halogens is 8. The number of carbonyl (C=O) groups excluding carboxylic acids is 3. The van der Waals surface area contributed by atoms with Crippen molar-refractivity contribution < 1.29 is 59.4 Å². The van der Waals surface area contributed by atoms with Gasteiger partial charge >= 0.3 is 24.4 Å². The summed E-state index contributed by atoms with van der Waals surface area (Å²) >= 11 is 0. The highest BCUT2D eigenvalue weighted by Gasteiger charge is 2.58. The molecule has 17 heteroatoms. The number of fused-ring (bicyclic) bond motifs is 1. The van der Waals surface area contributed by atoms with Gasteiger partial charge in [0.25, 0.3) is 5.91 Å². The smallest absolute Gasteiger partial charge is 0.455 e. The maximum atomic E-state index is 13.2. The molecule has 0 fully saturated rings. The number of hydrogen-bond acceptors (Lipinski definition) is 4. The molecule has 0 aliphatic carbocycles. The van der Waals surface area contributed by atoms with Crippen LogP contribution in [-0.4, -0.2) is 72.9 Å². The molecular weight excluding hydrogens is 528 g/mol. The molecule has 2 rings (SSSR count). The Kier molecular flexibility index (Phi) is 8.00. The van der Waals surface area contributed by atoms with Gasteiger partial charge in [-0.2, -0.15) is 35.1 Å². The van der Waals surface area contributed by atoms with Crippen LogP contribution in [0.25, 0.3) is 0 Å². The Bertz CT molecular complexity index is 1070. The van der Waals surface area contributed by atoms with E-state index in [1.165, 1.54) is 17.4 Å². The maximum Gasteiger partial charge on any atom is 0.455 e. The number of carboxylic acid groups (broad SMARTS) is 1. The summed E-state index contributed by atoms with van der Waals surface area (Å²) in [5.41, 5.74) is -3.18. The van der Waals surface area contributed by atoms with E-state index in [2.05, 4.69) is 0 Å². The number of amides is 4. The second-order valence-electron chi connectivity index (χ2n) is 8.46.